The van der Waals surface area contributed by atoms with E-state index in [1.165, 1.54) is 99.1 Å². The fourth-order valence-corrected chi connectivity index (χ4v) is 8.45. The van der Waals surface area contributed by atoms with Gasteiger partial charge in [-0.1, -0.05) is 206 Å². The largest absolute Gasteiger partial charge is 0.0622 e. The zero-order chi connectivity index (χ0) is 35.8. The molecule has 0 nitrogen and oxygen atoms in total. The predicted octanol–water partition coefficient (Wildman–Crippen LogP) is 15.1. The minimum absolute atomic E-state index is 1.20. The monoisotopic (exact) mass is 684 g/mol. The zero-order valence-electron chi connectivity index (χ0n) is 29.8. The Morgan fingerprint density at radius 1 is 0.185 bits per heavy atom. The van der Waals surface area contributed by atoms with Crippen LogP contribution in [0.25, 0.3) is 99.1 Å². The second-order valence-electron chi connectivity index (χ2n) is 14.0. The van der Waals surface area contributed by atoms with E-state index in [9.17, 15) is 0 Å². The Bertz CT molecular complexity index is 2900. The molecule has 0 aliphatic heterocycles. The third-order valence-electron chi connectivity index (χ3n) is 10.9. The van der Waals surface area contributed by atoms with Crippen LogP contribution >= 0.6 is 0 Å². The van der Waals surface area contributed by atoms with Gasteiger partial charge in [-0.25, -0.2) is 0 Å². The summed E-state index contributed by atoms with van der Waals surface area (Å²) in [5.74, 6) is 0. The smallest absolute Gasteiger partial charge is 0.00261 e. The molecule has 0 N–H and O–H groups in total. The number of fused-ring (bicyclic) bond motifs is 3. The summed E-state index contributed by atoms with van der Waals surface area (Å²) < 4.78 is 0. The van der Waals surface area contributed by atoms with Gasteiger partial charge < -0.3 is 0 Å². The van der Waals surface area contributed by atoms with E-state index >= 15 is 0 Å². The van der Waals surface area contributed by atoms with Crippen molar-refractivity contribution in [2.24, 2.45) is 0 Å². The van der Waals surface area contributed by atoms with Gasteiger partial charge in [-0.05, 0) is 111 Å². The van der Waals surface area contributed by atoms with Crippen molar-refractivity contribution in [2.45, 2.75) is 0 Å². The maximum Gasteiger partial charge on any atom is -0.00261 e. The number of rotatable bonds is 6. The molecule has 0 fully saturated rings. The van der Waals surface area contributed by atoms with Crippen LogP contribution in [0, 0.1) is 0 Å². The van der Waals surface area contributed by atoms with Crippen LogP contribution in [-0.4, -0.2) is 0 Å². The van der Waals surface area contributed by atoms with Crippen LogP contribution in [-0.2, 0) is 0 Å². The van der Waals surface area contributed by atoms with E-state index in [-0.39, 0.29) is 0 Å². The van der Waals surface area contributed by atoms with Gasteiger partial charge in [0.15, 0.2) is 0 Å². The minimum Gasteiger partial charge on any atom is -0.0622 e. The minimum atomic E-state index is 1.20. The molecule has 0 aliphatic carbocycles. The standard InChI is InChI=1S/C54H36/c1-4-17-37(18-5-1)44-25-10-11-26-45(44)41-23-16-24-42(35-41)53-46(38-19-6-2-7-20-38)34-33-39-31-32-43(36-51(39)53)54-49-29-14-12-27-47(49)52(40-21-8-3-9-22-40)48-28-13-15-30-50(48)54/h1-36H. The molecule has 0 bridgehead atoms. The molecule has 0 unspecified atom stereocenters. The fraction of sp³-hybridized carbons (Fsp3) is 0. The molecule has 0 heteroatoms. The lowest BCUT2D eigenvalue weighted by molar-refractivity contribution is 1.57. The van der Waals surface area contributed by atoms with Crippen molar-refractivity contribution >= 4 is 32.3 Å². The van der Waals surface area contributed by atoms with Crippen molar-refractivity contribution in [3.8, 4) is 66.8 Å². The molecule has 252 valence electrons. The topological polar surface area (TPSA) is 0 Å². The third-order valence-corrected chi connectivity index (χ3v) is 10.9. The average molecular weight is 685 g/mol. The normalized spacial score (nSPS) is 11.3. The van der Waals surface area contributed by atoms with Gasteiger partial charge in [0.25, 0.3) is 0 Å². The SMILES string of the molecule is c1ccc(-c2ccccc2-c2cccc(-c3c(-c4ccccc4)ccc4ccc(-c5c6ccccc6c(-c6ccccc6)c6ccccc56)cc34)c2)cc1. The molecule has 10 aromatic rings. The highest BCUT2D eigenvalue weighted by Gasteiger charge is 2.19. The van der Waals surface area contributed by atoms with Gasteiger partial charge >= 0.3 is 0 Å². The molecule has 0 saturated heterocycles. The second-order valence-corrected chi connectivity index (χ2v) is 14.0. The molecule has 0 aromatic heterocycles. The second kappa shape index (κ2) is 13.5. The summed E-state index contributed by atoms with van der Waals surface area (Å²) in [5.41, 5.74) is 14.8. The van der Waals surface area contributed by atoms with Gasteiger partial charge in [-0.3, -0.25) is 0 Å². The van der Waals surface area contributed by atoms with Crippen LogP contribution < -0.4 is 0 Å². The molecule has 0 atom stereocenters. The molecular formula is C54H36. The summed E-state index contributed by atoms with van der Waals surface area (Å²) in [7, 11) is 0. The highest BCUT2D eigenvalue weighted by Crippen LogP contribution is 2.46. The molecule has 0 heterocycles. The van der Waals surface area contributed by atoms with Crippen molar-refractivity contribution in [1.82, 2.24) is 0 Å². The van der Waals surface area contributed by atoms with Crippen molar-refractivity contribution in [3.63, 3.8) is 0 Å². The maximum atomic E-state index is 2.44. The lowest BCUT2D eigenvalue weighted by atomic mass is 9.84. The number of benzene rings is 10. The Hall–Kier alpha value is -7.02. The number of hydrogen-bond donors (Lipinski definition) is 0. The summed E-state index contributed by atoms with van der Waals surface area (Å²) in [5, 5.41) is 7.51. The molecule has 10 aromatic carbocycles. The Kier molecular flexibility index (Phi) is 7.93. The van der Waals surface area contributed by atoms with Gasteiger partial charge in [0, 0.05) is 0 Å². The summed E-state index contributed by atoms with van der Waals surface area (Å²) in [6, 6.07) is 79.7. The fourth-order valence-electron chi connectivity index (χ4n) is 8.45. The zero-order valence-corrected chi connectivity index (χ0v) is 29.8. The van der Waals surface area contributed by atoms with Crippen molar-refractivity contribution in [1.29, 1.82) is 0 Å². The van der Waals surface area contributed by atoms with E-state index < -0.39 is 0 Å². The Morgan fingerprint density at radius 3 is 1.19 bits per heavy atom. The Morgan fingerprint density at radius 2 is 0.593 bits per heavy atom. The van der Waals surface area contributed by atoms with Crippen LogP contribution in [0.15, 0.2) is 218 Å². The van der Waals surface area contributed by atoms with E-state index in [1.54, 1.807) is 0 Å². The average Bonchev–Trinajstić information content (AvgIpc) is 3.26. The molecule has 0 amide bonds. The first-order valence-electron chi connectivity index (χ1n) is 18.7. The van der Waals surface area contributed by atoms with Gasteiger partial charge in [0.05, 0.1) is 0 Å². The first-order valence-corrected chi connectivity index (χ1v) is 18.7. The van der Waals surface area contributed by atoms with Gasteiger partial charge in [-0.2, -0.15) is 0 Å². The first kappa shape index (κ1) is 31.7. The van der Waals surface area contributed by atoms with Crippen LogP contribution in [0.1, 0.15) is 0 Å². The van der Waals surface area contributed by atoms with E-state index in [4.69, 9.17) is 0 Å². The van der Waals surface area contributed by atoms with Crippen molar-refractivity contribution in [3.05, 3.63) is 218 Å². The summed E-state index contributed by atoms with van der Waals surface area (Å²) in [4.78, 5) is 0. The van der Waals surface area contributed by atoms with Crippen LogP contribution in [0.5, 0.6) is 0 Å². The molecule has 0 radical (unpaired) electrons. The first-order chi connectivity index (χ1) is 26.8. The van der Waals surface area contributed by atoms with Gasteiger partial charge in [0.2, 0.25) is 0 Å². The Labute approximate surface area is 316 Å². The van der Waals surface area contributed by atoms with E-state index in [1.807, 2.05) is 0 Å². The highest BCUT2D eigenvalue weighted by atomic mass is 14.2. The van der Waals surface area contributed by atoms with Crippen LogP contribution in [0.4, 0.5) is 0 Å². The molecule has 54 heavy (non-hydrogen) atoms. The Balaban J connectivity index is 1.24. The summed E-state index contributed by atoms with van der Waals surface area (Å²) >= 11 is 0. The third kappa shape index (κ3) is 5.48. The summed E-state index contributed by atoms with van der Waals surface area (Å²) in [6.45, 7) is 0. The van der Waals surface area contributed by atoms with Gasteiger partial charge in [-0.15, -0.1) is 0 Å². The molecule has 0 aliphatic rings. The van der Waals surface area contributed by atoms with E-state index in [0.29, 0.717) is 0 Å². The lowest BCUT2D eigenvalue weighted by Crippen LogP contribution is -1.92. The van der Waals surface area contributed by atoms with E-state index in [0.717, 1.165) is 0 Å². The van der Waals surface area contributed by atoms with Crippen LogP contribution in [0.3, 0.4) is 0 Å². The predicted molar refractivity (Wildman–Crippen MR) is 232 cm³/mol. The van der Waals surface area contributed by atoms with Crippen molar-refractivity contribution < 1.29 is 0 Å². The van der Waals surface area contributed by atoms with Crippen LogP contribution in [0.2, 0.25) is 0 Å². The summed E-state index contributed by atoms with van der Waals surface area (Å²) in [6.07, 6.45) is 0. The molecular weight excluding hydrogens is 649 g/mol. The lowest BCUT2D eigenvalue weighted by Gasteiger charge is -2.19. The molecule has 0 spiro atoms. The van der Waals surface area contributed by atoms with Gasteiger partial charge in [0.1, 0.15) is 0 Å². The maximum absolute atomic E-state index is 2.44. The van der Waals surface area contributed by atoms with Crippen molar-refractivity contribution in [2.75, 3.05) is 0 Å². The number of hydrogen-bond acceptors (Lipinski definition) is 0. The quantitative estimate of drug-likeness (QED) is 0.153. The molecule has 10 rings (SSSR count). The van der Waals surface area contributed by atoms with E-state index in [2.05, 4.69) is 218 Å². The highest BCUT2D eigenvalue weighted by molar-refractivity contribution is 6.22. The molecule has 0 saturated carbocycles.